The van der Waals surface area contributed by atoms with Gasteiger partial charge < -0.3 is 10.1 Å². The number of hydrogen-bond donors (Lipinski definition) is 1. The van der Waals surface area contributed by atoms with E-state index in [1.807, 2.05) is 6.92 Å². The number of thiophene rings is 1. The van der Waals surface area contributed by atoms with Crippen LogP contribution in [0.2, 0.25) is 0 Å². The van der Waals surface area contributed by atoms with Gasteiger partial charge in [-0.25, -0.2) is 4.79 Å². The fraction of sp³-hybridized carbons (Fsp3) is 0.750. The maximum atomic E-state index is 13.1. The Hall–Kier alpha value is -1.40. The van der Waals surface area contributed by atoms with Crippen LogP contribution in [-0.2, 0) is 22.4 Å². The summed E-state index contributed by atoms with van der Waals surface area (Å²) in [4.78, 5) is 29.3. The van der Waals surface area contributed by atoms with Gasteiger partial charge >= 0.3 is 5.97 Å². The molecule has 0 saturated heterocycles. The van der Waals surface area contributed by atoms with E-state index in [-0.39, 0.29) is 17.4 Å². The second kappa shape index (κ2) is 7.94. The van der Waals surface area contributed by atoms with Gasteiger partial charge in [0.1, 0.15) is 5.00 Å². The first-order valence-corrected chi connectivity index (χ1v) is 12.6. The minimum Gasteiger partial charge on any atom is -0.462 e. The number of fused-ring (bicyclic) bond motifs is 1. The highest BCUT2D eigenvalue weighted by Gasteiger charge is 2.52. The number of esters is 1. The smallest absolute Gasteiger partial charge is 0.341 e. The molecule has 6 heteroatoms. The maximum Gasteiger partial charge on any atom is 0.341 e. The van der Waals surface area contributed by atoms with Crippen molar-refractivity contribution in [2.24, 2.45) is 17.8 Å². The number of ether oxygens (including phenoxy) is 1. The van der Waals surface area contributed by atoms with Crippen LogP contribution in [0.15, 0.2) is 0 Å². The van der Waals surface area contributed by atoms with Crippen molar-refractivity contribution in [1.82, 2.24) is 4.90 Å². The summed E-state index contributed by atoms with van der Waals surface area (Å²) in [6.07, 6.45) is 12.1. The summed E-state index contributed by atoms with van der Waals surface area (Å²) in [6.45, 7) is 2.58. The second-order valence-corrected chi connectivity index (χ2v) is 11.3. The van der Waals surface area contributed by atoms with Gasteiger partial charge in [0, 0.05) is 10.4 Å². The summed E-state index contributed by atoms with van der Waals surface area (Å²) in [5.74, 6) is 2.29. The Kier molecular flexibility index (Phi) is 5.42. The van der Waals surface area contributed by atoms with Gasteiger partial charge in [0.05, 0.1) is 18.7 Å². The first-order chi connectivity index (χ1) is 14.5. The largest absolute Gasteiger partial charge is 0.462 e. The highest BCUT2D eigenvalue weighted by atomic mass is 32.1. The number of anilines is 1. The van der Waals surface area contributed by atoms with E-state index in [9.17, 15) is 9.59 Å². The van der Waals surface area contributed by atoms with Crippen molar-refractivity contribution in [1.29, 1.82) is 0 Å². The molecule has 6 rings (SSSR count). The first-order valence-electron chi connectivity index (χ1n) is 11.8. The lowest BCUT2D eigenvalue weighted by Crippen LogP contribution is -2.59. The monoisotopic (exact) mass is 430 g/mol. The van der Waals surface area contributed by atoms with E-state index in [1.165, 1.54) is 43.4 Å². The molecule has 0 spiro atoms. The van der Waals surface area contributed by atoms with E-state index in [2.05, 4.69) is 17.3 Å². The zero-order valence-electron chi connectivity index (χ0n) is 18.3. The average Bonchev–Trinajstić information content (AvgIpc) is 3.04. The van der Waals surface area contributed by atoms with Crippen molar-refractivity contribution >= 4 is 28.2 Å². The molecule has 4 bridgehead atoms. The van der Waals surface area contributed by atoms with Crippen molar-refractivity contribution in [2.45, 2.75) is 76.7 Å². The summed E-state index contributed by atoms with van der Waals surface area (Å²) < 4.78 is 5.33. The van der Waals surface area contributed by atoms with Crippen LogP contribution in [0.3, 0.4) is 0 Å². The number of nitrogens with one attached hydrogen (secondary N) is 1. The number of likely N-dealkylation sites (N-methyl/N-ethyl adjacent to an activating group) is 1. The summed E-state index contributed by atoms with van der Waals surface area (Å²) >= 11 is 1.58. The van der Waals surface area contributed by atoms with Crippen molar-refractivity contribution in [2.75, 3.05) is 25.5 Å². The molecule has 4 fully saturated rings. The third-order valence-electron chi connectivity index (χ3n) is 8.10. The molecule has 164 valence electrons. The number of aryl methyl sites for hydroxylation is 1. The van der Waals surface area contributed by atoms with E-state index in [0.29, 0.717) is 23.7 Å². The standard InChI is InChI=1S/C24H34N2O3S/c1-3-29-23(28)21-18-6-4-5-7-19(18)30-22(21)25-20(27)14-26(2)24-11-15-8-16(12-24)10-17(9-15)13-24/h15-17H,3-14H2,1-2H3,(H,25,27). The summed E-state index contributed by atoms with van der Waals surface area (Å²) in [7, 11) is 2.14. The van der Waals surface area contributed by atoms with E-state index in [1.54, 1.807) is 11.3 Å². The molecule has 0 atom stereocenters. The van der Waals surface area contributed by atoms with Gasteiger partial charge in [-0.3, -0.25) is 9.69 Å². The van der Waals surface area contributed by atoms with Gasteiger partial charge in [-0.15, -0.1) is 11.3 Å². The zero-order valence-corrected chi connectivity index (χ0v) is 19.1. The molecule has 5 aliphatic rings. The van der Waals surface area contributed by atoms with Crippen molar-refractivity contribution in [3.05, 3.63) is 16.0 Å². The van der Waals surface area contributed by atoms with Gasteiger partial charge in [-0.1, -0.05) is 0 Å². The lowest BCUT2D eigenvalue weighted by molar-refractivity contribution is -0.123. The molecular weight excluding hydrogens is 396 g/mol. The molecule has 30 heavy (non-hydrogen) atoms. The molecule has 1 amide bonds. The van der Waals surface area contributed by atoms with Crippen molar-refractivity contribution in [3.8, 4) is 0 Å². The SMILES string of the molecule is CCOC(=O)c1c(NC(=O)CN(C)C23CC4CC(CC(C4)C2)C3)sc2c1CCCC2. The lowest BCUT2D eigenvalue weighted by atomic mass is 9.52. The minimum atomic E-state index is -0.290. The third-order valence-corrected chi connectivity index (χ3v) is 9.31. The van der Waals surface area contributed by atoms with E-state index in [0.717, 1.165) is 49.0 Å². The summed E-state index contributed by atoms with van der Waals surface area (Å²) in [5, 5.41) is 3.81. The fourth-order valence-corrected chi connectivity index (χ4v) is 8.45. The zero-order chi connectivity index (χ0) is 20.9. The fourth-order valence-electron chi connectivity index (χ4n) is 7.15. The Morgan fingerprint density at radius 2 is 1.73 bits per heavy atom. The van der Waals surface area contributed by atoms with Gasteiger partial charge in [0.15, 0.2) is 0 Å². The van der Waals surface area contributed by atoms with Crippen molar-refractivity contribution < 1.29 is 14.3 Å². The predicted octanol–water partition coefficient (Wildman–Crippen LogP) is 4.64. The number of rotatable bonds is 6. The van der Waals surface area contributed by atoms with Gasteiger partial charge in [0.2, 0.25) is 5.91 Å². The van der Waals surface area contributed by atoms with Crippen LogP contribution in [0.4, 0.5) is 5.00 Å². The van der Waals surface area contributed by atoms with Crippen LogP contribution in [0.25, 0.3) is 0 Å². The normalized spacial score (nSPS) is 31.6. The quantitative estimate of drug-likeness (QED) is 0.668. The Morgan fingerprint density at radius 3 is 2.37 bits per heavy atom. The molecule has 5 aliphatic carbocycles. The molecule has 0 aromatic carbocycles. The van der Waals surface area contributed by atoms with E-state index in [4.69, 9.17) is 4.74 Å². The average molecular weight is 431 g/mol. The summed E-state index contributed by atoms with van der Waals surface area (Å²) in [6, 6.07) is 0. The molecule has 1 heterocycles. The molecule has 5 nitrogen and oxygen atoms in total. The Labute approximate surface area is 183 Å². The Balaban J connectivity index is 1.31. The van der Waals surface area contributed by atoms with Crippen molar-refractivity contribution in [3.63, 3.8) is 0 Å². The maximum absolute atomic E-state index is 13.1. The first kappa shape index (κ1) is 20.5. The number of hydrogen-bond acceptors (Lipinski definition) is 5. The Bertz CT molecular complexity index is 810. The van der Waals surface area contributed by atoms with Crippen LogP contribution < -0.4 is 5.32 Å². The predicted molar refractivity (Wildman–Crippen MR) is 119 cm³/mol. The number of amides is 1. The van der Waals surface area contributed by atoms with Gasteiger partial charge in [0.25, 0.3) is 0 Å². The highest BCUT2D eigenvalue weighted by molar-refractivity contribution is 7.17. The molecule has 0 aliphatic heterocycles. The van der Waals surface area contributed by atoms with Crippen LogP contribution in [-0.4, -0.2) is 42.5 Å². The van der Waals surface area contributed by atoms with Gasteiger partial charge in [-0.2, -0.15) is 0 Å². The second-order valence-electron chi connectivity index (χ2n) is 10.2. The lowest BCUT2D eigenvalue weighted by Gasteiger charge is -2.59. The topological polar surface area (TPSA) is 58.6 Å². The van der Waals surface area contributed by atoms with E-state index >= 15 is 0 Å². The molecule has 1 aromatic rings. The minimum absolute atomic E-state index is 0.00242. The number of carbonyl (C=O) groups is 2. The molecule has 4 saturated carbocycles. The van der Waals surface area contributed by atoms with Crippen LogP contribution in [0.1, 0.15) is 79.1 Å². The molecule has 1 aromatic heterocycles. The number of carbonyl (C=O) groups excluding carboxylic acids is 2. The molecule has 1 N–H and O–H groups in total. The van der Waals surface area contributed by atoms with Crippen LogP contribution in [0.5, 0.6) is 0 Å². The van der Waals surface area contributed by atoms with Crippen LogP contribution >= 0.6 is 11.3 Å². The van der Waals surface area contributed by atoms with Crippen LogP contribution in [0, 0.1) is 17.8 Å². The third kappa shape index (κ3) is 3.60. The summed E-state index contributed by atoms with van der Waals surface area (Å²) in [5.41, 5.74) is 1.93. The number of nitrogens with zero attached hydrogens (tertiary/aromatic N) is 1. The van der Waals surface area contributed by atoms with Gasteiger partial charge in [-0.05, 0) is 101 Å². The molecular formula is C24H34N2O3S. The molecule has 0 radical (unpaired) electrons. The Morgan fingerprint density at radius 1 is 1.10 bits per heavy atom. The highest BCUT2D eigenvalue weighted by Crippen LogP contribution is 2.57. The molecule has 0 unspecified atom stereocenters. The van der Waals surface area contributed by atoms with E-state index < -0.39 is 0 Å².